The summed E-state index contributed by atoms with van der Waals surface area (Å²) in [5, 5.41) is 13.6. The molecule has 0 radical (unpaired) electrons. The first-order valence-corrected chi connectivity index (χ1v) is 9.81. The molecule has 4 rings (SSSR count). The third-order valence-electron chi connectivity index (χ3n) is 5.14. The molecule has 138 valence electrons. The predicted octanol–water partition coefficient (Wildman–Crippen LogP) is 4.81. The molecule has 0 saturated heterocycles. The van der Waals surface area contributed by atoms with Gasteiger partial charge in [-0.15, -0.1) is 11.3 Å². The highest BCUT2D eigenvalue weighted by atomic mass is 32.1. The molecule has 1 unspecified atom stereocenters. The van der Waals surface area contributed by atoms with Crippen molar-refractivity contribution >= 4 is 27.9 Å². The monoisotopic (exact) mass is 380 g/mol. The number of carbonyl (C=O) groups is 2. The number of carbonyl (C=O) groups excluding carboxylic acids is 2. The smallest absolute Gasteiger partial charge is 0.173 e. The number of hydrogen-bond acceptors (Lipinski definition) is 6. The minimum Gasteiger partial charge on any atom is -0.469 e. The SMILES string of the molecule is CC1(C)CC(=O)c2sc(NC3=CC(=O)CC(c4ccco4)C3)c(C#N)c2C1. The first-order valence-electron chi connectivity index (χ1n) is 8.99. The molecule has 0 aromatic carbocycles. The number of thiophene rings is 1. The fourth-order valence-corrected chi connectivity index (χ4v) is 5.11. The summed E-state index contributed by atoms with van der Waals surface area (Å²) in [6.07, 6.45) is 5.46. The highest BCUT2D eigenvalue weighted by molar-refractivity contribution is 7.18. The van der Waals surface area contributed by atoms with Gasteiger partial charge in [-0.25, -0.2) is 0 Å². The standard InChI is InChI=1S/C21H20N2O3S/c1-21(2)9-15-16(11-22)20(27-19(15)17(25)10-21)23-13-6-12(7-14(24)8-13)18-4-3-5-26-18/h3-5,8,12,23H,6-7,9-10H2,1-2H3. The van der Waals surface area contributed by atoms with Gasteiger partial charge in [-0.05, 0) is 36.0 Å². The van der Waals surface area contributed by atoms with Gasteiger partial charge in [0.05, 0.1) is 16.7 Å². The Labute approximate surface area is 161 Å². The van der Waals surface area contributed by atoms with Crippen LogP contribution in [0.1, 0.15) is 65.6 Å². The van der Waals surface area contributed by atoms with Crippen molar-refractivity contribution in [2.45, 2.75) is 45.4 Å². The lowest BCUT2D eigenvalue weighted by Gasteiger charge is -2.28. The van der Waals surface area contributed by atoms with Gasteiger partial charge in [-0.3, -0.25) is 9.59 Å². The van der Waals surface area contributed by atoms with Crippen LogP contribution < -0.4 is 5.32 Å². The zero-order valence-corrected chi connectivity index (χ0v) is 16.1. The van der Waals surface area contributed by atoms with Gasteiger partial charge < -0.3 is 9.73 Å². The number of hydrogen-bond donors (Lipinski definition) is 1. The summed E-state index contributed by atoms with van der Waals surface area (Å²) in [6.45, 7) is 4.10. The number of nitrogens with zero attached hydrogens (tertiary/aromatic N) is 1. The van der Waals surface area contributed by atoms with Crippen molar-refractivity contribution in [3.8, 4) is 6.07 Å². The average Bonchev–Trinajstić information content (AvgIpc) is 3.21. The molecule has 5 nitrogen and oxygen atoms in total. The molecule has 0 spiro atoms. The molecule has 2 aliphatic rings. The van der Waals surface area contributed by atoms with Gasteiger partial charge in [0.25, 0.3) is 0 Å². The molecule has 1 N–H and O–H groups in total. The Kier molecular flexibility index (Phi) is 4.27. The zero-order chi connectivity index (χ0) is 19.2. The van der Waals surface area contributed by atoms with Crippen LogP contribution in [0, 0.1) is 16.7 Å². The van der Waals surface area contributed by atoms with Gasteiger partial charge >= 0.3 is 0 Å². The summed E-state index contributed by atoms with van der Waals surface area (Å²) in [4.78, 5) is 25.4. The van der Waals surface area contributed by atoms with Crippen LogP contribution in [0.5, 0.6) is 0 Å². The van der Waals surface area contributed by atoms with E-state index in [-0.39, 0.29) is 22.9 Å². The number of allylic oxidation sites excluding steroid dienone is 2. The summed E-state index contributed by atoms with van der Waals surface area (Å²) in [5.41, 5.74) is 1.99. The van der Waals surface area contributed by atoms with E-state index >= 15 is 0 Å². The van der Waals surface area contributed by atoms with Crippen LogP contribution in [0.4, 0.5) is 5.00 Å². The molecule has 0 saturated carbocycles. The largest absolute Gasteiger partial charge is 0.469 e. The maximum Gasteiger partial charge on any atom is 0.173 e. The Morgan fingerprint density at radius 1 is 1.30 bits per heavy atom. The Morgan fingerprint density at radius 2 is 2.11 bits per heavy atom. The van der Waals surface area contributed by atoms with Crippen LogP contribution >= 0.6 is 11.3 Å². The molecule has 6 heteroatoms. The maximum atomic E-state index is 12.5. The van der Waals surface area contributed by atoms with Crippen molar-refractivity contribution in [1.82, 2.24) is 0 Å². The van der Waals surface area contributed by atoms with E-state index < -0.39 is 0 Å². The third kappa shape index (κ3) is 3.35. The van der Waals surface area contributed by atoms with Crippen molar-refractivity contribution in [3.05, 3.63) is 51.9 Å². The molecular weight excluding hydrogens is 360 g/mol. The van der Waals surface area contributed by atoms with Crippen LogP contribution in [0.25, 0.3) is 0 Å². The van der Waals surface area contributed by atoms with E-state index in [1.807, 2.05) is 12.1 Å². The van der Waals surface area contributed by atoms with E-state index in [1.54, 1.807) is 12.3 Å². The fourth-order valence-electron chi connectivity index (χ4n) is 3.97. The minimum atomic E-state index is -0.140. The van der Waals surface area contributed by atoms with E-state index in [4.69, 9.17) is 4.42 Å². The Bertz CT molecular complexity index is 990. The summed E-state index contributed by atoms with van der Waals surface area (Å²) < 4.78 is 5.47. The lowest BCUT2D eigenvalue weighted by Crippen LogP contribution is -2.26. The highest BCUT2D eigenvalue weighted by Crippen LogP contribution is 2.44. The van der Waals surface area contributed by atoms with Crippen LogP contribution in [-0.4, -0.2) is 11.6 Å². The van der Waals surface area contributed by atoms with Gasteiger partial charge in [-0.1, -0.05) is 13.8 Å². The number of nitrogens with one attached hydrogen (secondary N) is 1. The molecular formula is C21H20N2O3S. The first kappa shape index (κ1) is 17.7. The topological polar surface area (TPSA) is 83.1 Å². The van der Waals surface area contributed by atoms with Gasteiger partial charge in [-0.2, -0.15) is 5.26 Å². The van der Waals surface area contributed by atoms with Gasteiger partial charge in [0.2, 0.25) is 0 Å². The van der Waals surface area contributed by atoms with E-state index in [2.05, 4.69) is 25.2 Å². The Balaban J connectivity index is 1.64. The third-order valence-corrected chi connectivity index (χ3v) is 6.32. The van der Waals surface area contributed by atoms with Crippen molar-refractivity contribution in [2.75, 3.05) is 5.32 Å². The molecule has 2 heterocycles. The molecule has 0 bridgehead atoms. The Morgan fingerprint density at radius 3 is 2.81 bits per heavy atom. The number of furan rings is 1. The summed E-state index contributed by atoms with van der Waals surface area (Å²) in [6, 6.07) is 5.97. The first-order chi connectivity index (χ1) is 12.9. The maximum absolute atomic E-state index is 12.5. The molecule has 0 amide bonds. The highest BCUT2D eigenvalue weighted by Gasteiger charge is 2.36. The molecule has 0 fully saturated rings. The molecule has 0 aliphatic heterocycles. The normalized spacial score (nSPS) is 21.4. The number of Topliss-reactive ketones (excluding diaryl/α,β-unsaturated/α-hetero) is 1. The summed E-state index contributed by atoms with van der Waals surface area (Å²) in [7, 11) is 0. The minimum absolute atomic E-state index is 0.0133. The fraction of sp³-hybridized carbons (Fsp3) is 0.381. The summed E-state index contributed by atoms with van der Waals surface area (Å²) in [5.74, 6) is 0.902. The number of rotatable bonds is 3. The van der Waals surface area contributed by atoms with Crippen molar-refractivity contribution < 1.29 is 14.0 Å². The Hall–Kier alpha value is -2.65. The molecule has 2 aliphatic carbocycles. The lowest BCUT2D eigenvalue weighted by atomic mass is 9.75. The second-order valence-electron chi connectivity index (χ2n) is 8.05. The second-order valence-corrected chi connectivity index (χ2v) is 9.07. The van der Waals surface area contributed by atoms with E-state index in [0.29, 0.717) is 41.1 Å². The van der Waals surface area contributed by atoms with E-state index in [9.17, 15) is 14.9 Å². The van der Waals surface area contributed by atoms with Crippen molar-refractivity contribution in [2.24, 2.45) is 5.41 Å². The number of ketones is 2. The average molecular weight is 380 g/mol. The van der Waals surface area contributed by atoms with Crippen LogP contribution in [0.3, 0.4) is 0 Å². The number of fused-ring (bicyclic) bond motifs is 1. The molecule has 1 atom stereocenters. The van der Waals surface area contributed by atoms with Crippen molar-refractivity contribution in [1.29, 1.82) is 5.26 Å². The van der Waals surface area contributed by atoms with Crippen molar-refractivity contribution in [3.63, 3.8) is 0 Å². The van der Waals surface area contributed by atoms with Gasteiger partial charge in [0, 0.05) is 30.5 Å². The van der Waals surface area contributed by atoms with Gasteiger partial charge in [0.1, 0.15) is 16.8 Å². The van der Waals surface area contributed by atoms with Crippen LogP contribution in [-0.2, 0) is 11.2 Å². The van der Waals surface area contributed by atoms with Gasteiger partial charge in [0.15, 0.2) is 11.6 Å². The number of anilines is 1. The molecule has 2 aromatic heterocycles. The number of nitriles is 1. The predicted molar refractivity (Wildman–Crippen MR) is 103 cm³/mol. The van der Waals surface area contributed by atoms with E-state index in [0.717, 1.165) is 17.0 Å². The zero-order valence-electron chi connectivity index (χ0n) is 15.3. The molecule has 27 heavy (non-hydrogen) atoms. The quantitative estimate of drug-likeness (QED) is 0.826. The lowest BCUT2D eigenvalue weighted by molar-refractivity contribution is -0.115. The van der Waals surface area contributed by atoms with Crippen LogP contribution in [0.2, 0.25) is 0 Å². The molecule has 2 aromatic rings. The second kappa shape index (κ2) is 6.50. The summed E-state index contributed by atoms with van der Waals surface area (Å²) >= 11 is 1.33. The van der Waals surface area contributed by atoms with Crippen LogP contribution in [0.15, 0.2) is 34.6 Å². The van der Waals surface area contributed by atoms with E-state index in [1.165, 1.54) is 11.3 Å².